The summed E-state index contributed by atoms with van der Waals surface area (Å²) in [5.74, 6) is 0.515. The van der Waals surface area contributed by atoms with E-state index in [2.05, 4.69) is 33.4 Å². The third kappa shape index (κ3) is 4.30. The summed E-state index contributed by atoms with van der Waals surface area (Å²) >= 11 is 0. The molecule has 1 N–H and O–H groups in total. The fraction of sp³-hybridized carbons (Fsp3) is 0.455. The van der Waals surface area contributed by atoms with Crippen molar-refractivity contribution >= 4 is 11.6 Å². The van der Waals surface area contributed by atoms with Crippen molar-refractivity contribution in [3.63, 3.8) is 0 Å². The highest BCUT2D eigenvalue weighted by Gasteiger charge is 2.26. The molecule has 0 spiro atoms. The molecule has 0 unspecified atom stereocenters. The number of benzene rings is 1. The lowest BCUT2D eigenvalue weighted by Gasteiger charge is -2.36. The Morgan fingerprint density at radius 3 is 2.67 bits per heavy atom. The Morgan fingerprint density at radius 2 is 2.00 bits per heavy atom. The van der Waals surface area contributed by atoms with E-state index in [1.807, 2.05) is 0 Å². The molecule has 1 aromatic carbocycles. The molecule has 2 aliphatic rings. The number of pyridine rings is 1. The second-order valence-corrected chi connectivity index (χ2v) is 7.54. The number of carbonyl (C=O) groups is 1. The summed E-state index contributed by atoms with van der Waals surface area (Å²) in [6.45, 7) is 2.31. The van der Waals surface area contributed by atoms with Crippen molar-refractivity contribution in [1.29, 1.82) is 0 Å². The standard InChI is InChI=1S/C22H27N3O2/c1-27-22-8-7-19(15-23-22)24-21(26)14-16-5-6-17-9-11-25(20-3-2-4-20)12-10-18(17)13-16/h5-8,13,15,20H,2-4,9-12,14H2,1H3,(H,24,26). The van der Waals surface area contributed by atoms with Gasteiger partial charge in [0.05, 0.1) is 25.4 Å². The van der Waals surface area contributed by atoms with Crippen LogP contribution in [0.1, 0.15) is 36.0 Å². The number of methoxy groups -OCH3 is 1. The molecule has 27 heavy (non-hydrogen) atoms. The Labute approximate surface area is 160 Å². The summed E-state index contributed by atoms with van der Waals surface area (Å²) in [6, 6.07) is 10.9. The molecule has 1 saturated carbocycles. The number of carbonyl (C=O) groups excluding carboxylic acids is 1. The summed E-state index contributed by atoms with van der Waals surface area (Å²) in [5, 5.41) is 2.91. The SMILES string of the molecule is COc1ccc(NC(=O)Cc2ccc3c(c2)CCN(C2CCC2)CC3)cn1. The van der Waals surface area contributed by atoms with E-state index in [0.717, 1.165) is 31.0 Å². The van der Waals surface area contributed by atoms with Gasteiger partial charge in [0.2, 0.25) is 11.8 Å². The third-order valence-electron chi connectivity index (χ3n) is 5.79. The molecule has 1 aliphatic carbocycles. The van der Waals surface area contributed by atoms with Crippen molar-refractivity contribution in [1.82, 2.24) is 9.88 Å². The first-order chi connectivity index (χ1) is 13.2. The molecular formula is C22H27N3O2. The average Bonchev–Trinajstić information content (AvgIpc) is 2.83. The van der Waals surface area contributed by atoms with Gasteiger partial charge in [0.15, 0.2) is 0 Å². The minimum absolute atomic E-state index is 0.0216. The van der Waals surface area contributed by atoms with Gasteiger partial charge in [-0.15, -0.1) is 0 Å². The lowest BCUT2D eigenvalue weighted by atomic mass is 9.91. The lowest BCUT2D eigenvalue weighted by molar-refractivity contribution is -0.115. The zero-order valence-electron chi connectivity index (χ0n) is 15.9. The molecule has 1 aromatic heterocycles. The molecule has 5 nitrogen and oxygen atoms in total. The van der Waals surface area contributed by atoms with Gasteiger partial charge in [-0.2, -0.15) is 0 Å². The molecule has 2 aromatic rings. The number of nitrogens with zero attached hydrogens (tertiary/aromatic N) is 2. The van der Waals surface area contributed by atoms with Crippen LogP contribution in [0.4, 0.5) is 5.69 Å². The van der Waals surface area contributed by atoms with Crippen LogP contribution >= 0.6 is 0 Å². The minimum atomic E-state index is -0.0216. The second-order valence-electron chi connectivity index (χ2n) is 7.54. The van der Waals surface area contributed by atoms with Gasteiger partial charge in [-0.25, -0.2) is 4.98 Å². The van der Waals surface area contributed by atoms with Crippen molar-refractivity contribution in [2.24, 2.45) is 0 Å². The number of hydrogen-bond donors (Lipinski definition) is 1. The normalized spacial score (nSPS) is 17.5. The molecule has 4 rings (SSSR count). The van der Waals surface area contributed by atoms with E-state index in [0.29, 0.717) is 18.0 Å². The Bertz CT molecular complexity index is 800. The predicted molar refractivity (Wildman–Crippen MR) is 106 cm³/mol. The molecule has 2 heterocycles. The van der Waals surface area contributed by atoms with E-state index in [1.165, 1.54) is 36.9 Å². The van der Waals surface area contributed by atoms with Crippen LogP contribution in [-0.4, -0.2) is 42.0 Å². The van der Waals surface area contributed by atoms with Gasteiger partial charge in [-0.05, 0) is 48.4 Å². The Kier molecular flexibility index (Phi) is 5.39. The van der Waals surface area contributed by atoms with E-state index in [4.69, 9.17) is 4.74 Å². The predicted octanol–water partition coefficient (Wildman–Crippen LogP) is 3.22. The highest BCUT2D eigenvalue weighted by atomic mass is 16.5. The van der Waals surface area contributed by atoms with Crippen molar-refractivity contribution in [2.75, 3.05) is 25.5 Å². The van der Waals surface area contributed by atoms with Gasteiger partial charge in [0.1, 0.15) is 0 Å². The first kappa shape index (κ1) is 18.0. The fourth-order valence-corrected chi connectivity index (χ4v) is 3.99. The van der Waals surface area contributed by atoms with Gasteiger partial charge < -0.3 is 10.1 Å². The van der Waals surface area contributed by atoms with Crippen LogP contribution in [0.2, 0.25) is 0 Å². The monoisotopic (exact) mass is 365 g/mol. The topological polar surface area (TPSA) is 54.5 Å². The number of hydrogen-bond acceptors (Lipinski definition) is 4. The molecule has 1 amide bonds. The van der Waals surface area contributed by atoms with Crippen LogP contribution in [0.25, 0.3) is 0 Å². The molecule has 142 valence electrons. The lowest BCUT2D eigenvalue weighted by Crippen LogP contribution is -2.41. The molecule has 1 aliphatic heterocycles. The molecule has 5 heteroatoms. The van der Waals surface area contributed by atoms with Crippen molar-refractivity contribution in [2.45, 2.75) is 44.6 Å². The summed E-state index contributed by atoms with van der Waals surface area (Å²) in [4.78, 5) is 19.2. The van der Waals surface area contributed by atoms with Crippen LogP contribution in [0.15, 0.2) is 36.5 Å². The third-order valence-corrected chi connectivity index (χ3v) is 5.79. The molecule has 0 bridgehead atoms. The zero-order chi connectivity index (χ0) is 18.6. The summed E-state index contributed by atoms with van der Waals surface area (Å²) in [6.07, 6.45) is 8.31. The largest absolute Gasteiger partial charge is 0.481 e. The number of rotatable bonds is 5. The van der Waals surface area contributed by atoms with E-state index in [-0.39, 0.29) is 5.91 Å². The fourth-order valence-electron chi connectivity index (χ4n) is 3.99. The highest BCUT2D eigenvalue weighted by molar-refractivity contribution is 5.92. The van der Waals surface area contributed by atoms with Crippen LogP contribution < -0.4 is 10.1 Å². The van der Waals surface area contributed by atoms with E-state index in [1.54, 1.807) is 25.4 Å². The summed E-state index contributed by atoms with van der Waals surface area (Å²) in [7, 11) is 1.57. The van der Waals surface area contributed by atoms with Gasteiger partial charge in [0, 0.05) is 25.2 Å². The smallest absolute Gasteiger partial charge is 0.228 e. The number of aromatic nitrogens is 1. The Hall–Kier alpha value is -2.40. The number of amides is 1. The van der Waals surface area contributed by atoms with E-state index in [9.17, 15) is 4.79 Å². The number of anilines is 1. The Balaban J connectivity index is 1.37. The average molecular weight is 365 g/mol. The summed E-state index contributed by atoms with van der Waals surface area (Å²) < 4.78 is 5.04. The van der Waals surface area contributed by atoms with Gasteiger partial charge in [-0.3, -0.25) is 9.69 Å². The number of nitrogens with one attached hydrogen (secondary N) is 1. The van der Waals surface area contributed by atoms with Crippen LogP contribution in [-0.2, 0) is 24.1 Å². The summed E-state index contributed by atoms with van der Waals surface area (Å²) in [5.41, 5.74) is 4.62. The molecule has 0 atom stereocenters. The van der Waals surface area contributed by atoms with E-state index >= 15 is 0 Å². The van der Waals surface area contributed by atoms with Crippen LogP contribution in [0.5, 0.6) is 5.88 Å². The highest BCUT2D eigenvalue weighted by Crippen LogP contribution is 2.27. The van der Waals surface area contributed by atoms with Crippen molar-refractivity contribution in [3.05, 3.63) is 53.2 Å². The molecular weight excluding hydrogens is 338 g/mol. The number of ether oxygens (including phenoxy) is 1. The van der Waals surface area contributed by atoms with Crippen LogP contribution in [0, 0.1) is 0 Å². The van der Waals surface area contributed by atoms with Crippen LogP contribution in [0.3, 0.4) is 0 Å². The first-order valence-electron chi connectivity index (χ1n) is 9.86. The minimum Gasteiger partial charge on any atom is -0.481 e. The first-order valence-corrected chi connectivity index (χ1v) is 9.86. The van der Waals surface area contributed by atoms with Crippen molar-refractivity contribution < 1.29 is 9.53 Å². The van der Waals surface area contributed by atoms with Crippen molar-refractivity contribution in [3.8, 4) is 5.88 Å². The maximum absolute atomic E-state index is 12.4. The maximum atomic E-state index is 12.4. The number of fused-ring (bicyclic) bond motifs is 1. The van der Waals surface area contributed by atoms with Gasteiger partial charge in [-0.1, -0.05) is 24.6 Å². The maximum Gasteiger partial charge on any atom is 0.228 e. The molecule has 0 saturated heterocycles. The Morgan fingerprint density at radius 1 is 1.19 bits per heavy atom. The quantitative estimate of drug-likeness (QED) is 0.884. The van der Waals surface area contributed by atoms with Gasteiger partial charge in [0.25, 0.3) is 0 Å². The molecule has 0 radical (unpaired) electrons. The zero-order valence-corrected chi connectivity index (χ0v) is 15.9. The molecule has 1 fully saturated rings. The van der Waals surface area contributed by atoms with Gasteiger partial charge >= 0.3 is 0 Å². The second kappa shape index (κ2) is 8.09. The van der Waals surface area contributed by atoms with E-state index < -0.39 is 0 Å².